The summed E-state index contributed by atoms with van der Waals surface area (Å²) in [5.74, 6) is 0.303. The zero-order chi connectivity index (χ0) is 12.3. The lowest BCUT2D eigenvalue weighted by atomic mass is 9.88. The molecule has 1 amide bonds. The van der Waals surface area contributed by atoms with Gasteiger partial charge in [0, 0.05) is 19.0 Å². The maximum atomic E-state index is 11.8. The van der Waals surface area contributed by atoms with Crippen LogP contribution in [0.4, 0.5) is 4.79 Å². The SMILES string of the molecule is CC1CN(C(=O)OC(C)(C)C)CCC1C=O. The molecule has 0 spiro atoms. The molecule has 0 bridgehead atoms. The molecule has 1 heterocycles. The predicted molar refractivity (Wildman–Crippen MR) is 61.1 cm³/mol. The average molecular weight is 227 g/mol. The Bertz CT molecular complexity index is 270. The maximum absolute atomic E-state index is 11.8. The third-order valence-electron chi connectivity index (χ3n) is 2.80. The Morgan fingerprint density at radius 1 is 1.44 bits per heavy atom. The molecular formula is C12H21NO3. The smallest absolute Gasteiger partial charge is 0.410 e. The second-order valence-corrected chi connectivity index (χ2v) is 5.49. The summed E-state index contributed by atoms with van der Waals surface area (Å²) < 4.78 is 5.29. The summed E-state index contributed by atoms with van der Waals surface area (Å²) >= 11 is 0. The van der Waals surface area contributed by atoms with Gasteiger partial charge in [-0.3, -0.25) is 0 Å². The fraction of sp³-hybridized carbons (Fsp3) is 0.833. The molecule has 92 valence electrons. The highest BCUT2D eigenvalue weighted by molar-refractivity contribution is 5.68. The van der Waals surface area contributed by atoms with E-state index in [2.05, 4.69) is 0 Å². The van der Waals surface area contributed by atoms with Crippen LogP contribution < -0.4 is 0 Å². The van der Waals surface area contributed by atoms with E-state index in [0.717, 1.165) is 12.7 Å². The van der Waals surface area contributed by atoms with Crippen LogP contribution >= 0.6 is 0 Å². The Kier molecular flexibility index (Phi) is 3.94. The molecule has 0 aliphatic carbocycles. The fourth-order valence-electron chi connectivity index (χ4n) is 1.86. The second-order valence-electron chi connectivity index (χ2n) is 5.49. The van der Waals surface area contributed by atoms with Crippen molar-refractivity contribution in [2.24, 2.45) is 11.8 Å². The minimum atomic E-state index is -0.457. The number of carbonyl (C=O) groups excluding carboxylic acids is 2. The van der Waals surface area contributed by atoms with Crippen molar-refractivity contribution < 1.29 is 14.3 Å². The van der Waals surface area contributed by atoms with Crippen molar-refractivity contribution in [3.63, 3.8) is 0 Å². The van der Waals surface area contributed by atoms with Crippen LogP contribution in [0.5, 0.6) is 0 Å². The highest BCUT2D eigenvalue weighted by Crippen LogP contribution is 2.22. The topological polar surface area (TPSA) is 46.6 Å². The molecule has 0 saturated carbocycles. The molecule has 1 saturated heterocycles. The molecule has 1 fully saturated rings. The summed E-state index contributed by atoms with van der Waals surface area (Å²) in [7, 11) is 0. The summed E-state index contributed by atoms with van der Waals surface area (Å²) in [5, 5.41) is 0. The van der Waals surface area contributed by atoms with E-state index in [1.54, 1.807) is 4.90 Å². The van der Waals surface area contributed by atoms with E-state index in [1.807, 2.05) is 27.7 Å². The van der Waals surface area contributed by atoms with Crippen LogP contribution in [-0.4, -0.2) is 36.0 Å². The Morgan fingerprint density at radius 2 is 2.06 bits per heavy atom. The first kappa shape index (κ1) is 13.0. The van der Waals surface area contributed by atoms with Gasteiger partial charge < -0.3 is 14.4 Å². The molecule has 1 aliphatic rings. The first-order valence-electron chi connectivity index (χ1n) is 5.76. The van der Waals surface area contributed by atoms with Gasteiger partial charge in [-0.25, -0.2) is 4.79 Å². The van der Waals surface area contributed by atoms with Gasteiger partial charge in [0.05, 0.1) is 0 Å². The normalized spacial score (nSPS) is 26.4. The standard InChI is InChI=1S/C12H21NO3/c1-9-7-13(6-5-10(9)8-14)11(15)16-12(2,3)4/h8-10H,5-7H2,1-4H3. The van der Waals surface area contributed by atoms with Crippen molar-refractivity contribution in [2.45, 2.75) is 39.7 Å². The number of likely N-dealkylation sites (tertiary alicyclic amines) is 1. The van der Waals surface area contributed by atoms with Crippen LogP contribution in [0, 0.1) is 11.8 Å². The van der Waals surface area contributed by atoms with Gasteiger partial charge in [-0.15, -0.1) is 0 Å². The highest BCUT2D eigenvalue weighted by atomic mass is 16.6. The number of ether oxygens (including phenoxy) is 1. The quantitative estimate of drug-likeness (QED) is 0.644. The Balaban J connectivity index is 2.51. The number of rotatable bonds is 1. The molecule has 0 N–H and O–H groups in total. The minimum Gasteiger partial charge on any atom is -0.444 e. The first-order chi connectivity index (χ1) is 7.33. The summed E-state index contributed by atoms with van der Waals surface area (Å²) in [5.41, 5.74) is -0.457. The Morgan fingerprint density at radius 3 is 2.50 bits per heavy atom. The third kappa shape index (κ3) is 3.51. The Hall–Kier alpha value is -1.06. The van der Waals surface area contributed by atoms with Gasteiger partial charge >= 0.3 is 6.09 Å². The maximum Gasteiger partial charge on any atom is 0.410 e. The van der Waals surface area contributed by atoms with E-state index in [0.29, 0.717) is 13.1 Å². The molecular weight excluding hydrogens is 206 g/mol. The number of aldehydes is 1. The predicted octanol–water partition coefficient (Wildman–Crippen LogP) is 2.08. The molecule has 4 nitrogen and oxygen atoms in total. The third-order valence-corrected chi connectivity index (χ3v) is 2.80. The lowest BCUT2D eigenvalue weighted by Crippen LogP contribution is -2.45. The molecule has 16 heavy (non-hydrogen) atoms. The van der Waals surface area contributed by atoms with Crippen LogP contribution in [0.3, 0.4) is 0 Å². The lowest BCUT2D eigenvalue weighted by Gasteiger charge is -2.35. The fourth-order valence-corrected chi connectivity index (χ4v) is 1.86. The van der Waals surface area contributed by atoms with Crippen molar-refractivity contribution in [1.29, 1.82) is 0 Å². The molecule has 0 aromatic carbocycles. The largest absolute Gasteiger partial charge is 0.444 e. The van der Waals surface area contributed by atoms with Crippen LogP contribution in [-0.2, 0) is 9.53 Å². The number of amides is 1. The zero-order valence-electron chi connectivity index (χ0n) is 10.5. The summed E-state index contributed by atoms with van der Waals surface area (Å²) in [6.45, 7) is 8.78. The zero-order valence-corrected chi connectivity index (χ0v) is 10.5. The molecule has 1 rings (SSSR count). The minimum absolute atomic E-state index is 0.0821. The number of nitrogens with zero attached hydrogens (tertiary/aromatic N) is 1. The number of hydrogen-bond acceptors (Lipinski definition) is 3. The van der Waals surface area contributed by atoms with Gasteiger partial charge in [0.2, 0.25) is 0 Å². The van der Waals surface area contributed by atoms with E-state index in [4.69, 9.17) is 4.74 Å². The molecule has 1 aliphatic heterocycles. The second kappa shape index (κ2) is 4.85. The van der Waals surface area contributed by atoms with Crippen LogP contribution in [0.15, 0.2) is 0 Å². The summed E-state index contributed by atoms with van der Waals surface area (Å²) in [6, 6.07) is 0. The molecule has 2 unspecified atom stereocenters. The number of piperidine rings is 1. The van der Waals surface area contributed by atoms with E-state index < -0.39 is 5.60 Å². The van der Waals surface area contributed by atoms with Gasteiger partial charge in [-0.05, 0) is 33.1 Å². The van der Waals surface area contributed by atoms with Crippen LogP contribution in [0.2, 0.25) is 0 Å². The monoisotopic (exact) mass is 227 g/mol. The summed E-state index contributed by atoms with van der Waals surface area (Å²) in [6.07, 6.45) is 1.46. The van der Waals surface area contributed by atoms with E-state index in [-0.39, 0.29) is 17.9 Å². The van der Waals surface area contributed by atoms with Gasteiger partial charge in [0.25, 0.3) is 0 Å². The van der Waals surface area contributed by atoms with E-state index >= 15 is 0 Å². The highest BCUT2D eigenvalue weighted by Gasteiger charge is 2.30. The summed E-state index contributed by atoms with van der Waals surface area (Å²) in [4.78, 5) is 24.2. The van der Waals surface area contributed by atoms with Gasteiger partial charge in [-0.2, -0.15) is 0 Å². The van der Waals surface area contributed by atoms with Crippen molar-refractivity contribution in [2.75, 3.05) is 13.1 Å². The van der Waals surface area contributed by atoms with Gasteiger partial charge in [0.1, 0.15) is 11.9 Å². The van der Waals surface area contributed by atoms with E-state index in [9.17, 15) is 9.59 Å². The van der Waals surface area contributed by atoms with Gasteiger partial charge in [-0.1, -0.05) is 6.92 Å². The molecule has 4 heteroatoms. The van der Waals surface area contributed by atoms with Crippen molar-refractivity contribution in [1.82, 2.24) is 4.90 Å². The van der Waals surface area contributed by atoms with E-state index in [1.165, 1.54) is 0 Å². The van der Waals surface area contributed by atoms with Crippen molar-refractivity contribution >= 4 is 12.4 Å². The molecule has 0 radical (unpaired) electrons. The molecule has 0 aromatic rings. The van der Waals surface area contributed by atoms with Crippen molar-refractivity contribution in [3.05, 3.63) is 0 Å². The first-order valence-corrected chi connectivity index (χ1v) is 5.76. The number of carbonyl (C=O) groups is 2. The van der Waals surface area contributed by atoms with Crippen molar-refractivity contribution in [3.8, 4) is 0 Å². The number of hydrogen-bond donors (Lipinski definition) is 0. The molecule has 2 atom stereocenters. The average Bonchev–Trinajstić information content (AvgIpc) is 2.15. The Labute approximate surface area is 96.9 Å². The van der Waals surface area contributed by atoms with Crippen LogP contribution in [0.25, 0.3) is 0 Å². The lowest BCUT2D eigenvalue weighted by molar-refractivity contribution is -0.114. The molecule has 0 aromatic heterocycles. The van der Waals surface area contributed by atoms with Crippen LogP contribution in [0.1, 0.15) is 34.1 Å². The van der Waals surface area contributed by atoms with Gasteiger partial charge in [0.15, 0.2) is 0 Å².